The van der Waals surface area contributed by atoms with Crippen LogP contribution in [0.5, 0.6) is 0 Å². The number of carbonyl (C=O) groups excluding carboxylic acids is 1. The van der Waals surface area contributed by atoms with Crippen molar-refractivity contribution in [3.63, 3.8) is 0 Å². The molecule has 0 saturated heterocycles. The van der Waals surface area contributed by atoms with Crippen LogP contribution in [0.15, 0.2) is 42.5 Å². The van der Waals surface area contributed by atoms with E-state index in [9.17, 15) is 36.9 Å². The zero-order chi connectivity index (χ0) is 22.1. The van der Waals surface area contributed by atoms with Gasteiger partial charge in [-0.15, -0.1) is 0 Å². The van der Waals surface area contributed by atoms with Crippen LogP contribution in [0.4, 0.5) is 27.6 Å². The Bertz CT molecular complexity index is 1100. The Labute approximate surface area is 165 Å². The smallest absolute Gasteiger partial charge is 0.337 e. The van der Waals surface area contributed by atoms with E-state index < -0.39 is 48.0 Å². The minimum Gasteiger partial charge on any atom is -0.337 e. The zero-order valence-corrected chi connectivity index (χ0v) is 15.0. The van der Waals surface area contributed by atoms with Crippen LogP contribution in [-0.4, -0.2) is 38.4 Å². The summed E-state index contributed by atoms with van der Waals surface area (Å²) in [7, 11) is 0. The van der Waals surface area contributed by atoms with Gasteiger partial charge in [0, 0.05) is 17.2 Å². The second kappa shape index (κ2) is 8.05. The van der Waals surface area contributed by atoms with Gasteiger partial charge in [0.25, 0.3) is 18.0 Å². The van der Waals surface area contributed by atoms with Crippen LogP contribution in [0.25, 0.3) is 11.0 Å². The number of amides is 1. The number of H-pyrrole nitrogens is 1. The van der Waals surface area contributed by atoms with Crippen molar-refractivity contribution in [1.29, 1.82) is 0 Å². The van der Waals surface area contributed by atoms with Crippen LogP contribution < -0.4 is 0 Å². The molecule has 12 heteroatoms. The first-order chi connectivity index (χ1) is 14.0. The number of alkyl halides is 5. The van der Waals surface area contributed by atoms with E-state index in [1.807, 2.05) is 0 Å². The van der Waals surface area contributed by atoms with Gasteiger partial charge in [-0.2, -0.15) is 13.2 Å². The molecule has 1 heterocycles. The number of nitrogens with one attached hydrogen (secondary N) is 1. The SMILES string of the molecule is O=C(c1ccc2nc(C(F)F)[nH]c2c1)N(Cc1ccccc1[N+](=O)[O-])CC(F)(F)F. The zero-order valence-electron chi connectivity index (χ0n) is 15.0. The lowest BCUT2D eigenvalue weighted by Crippen LogP contribution is -2.38. The highest BCUT2D eigenvalue weighted by molar-refractivity contribution is 5.97. The number of fused-ring (bicyclic) bond motifs is 1. The van der Waals surface area contributed by atoms with Crippen molar-refractivity contribution in [3.05, 3.63) is 69.5 Å². The number of para-hydroxylation sites is 1. The van der Waals surface area contributed by atoms with E-state index in [-0.39, 0.29) is 22.2 Å². The molecule has 0 atom stereocenters. The van der Waals surface area contributed by atoms with Crippen molar-refractivity contribution in [2.45, 2.75) is 19.1 Å². The van der Waals surface area contributed by atoms with Crippen LogP contribution in [-0.2, 0) is 6.54 Å². The summed E-state index contributed by atoms with van der Waals surface area (Å²) in [5.74, 6) is -1.71. The number of nitro groups is 1. The molecule has 0 aliphatic heterocycles. The summed E-state index contributed by atoms with van der Waals surface area (Å²) in [6.45, 7) is -2.32. The van der Waals surface area contributed by atoms with Crippen molar-refractivity contribution in [2.75, 3.05) is 6.54 Å². The molecule has 2 aromatic carbocycles. The van der Waals surface area contributed by atoms with Crippen molar-refractivity contribution in [2.24, 2.45) is 0 Å². The van der Waals surface area contributed by atoms with Gasteiger partial charge >= 0.3 is 6.18 Å². The molecule has 0 aliphatic rings. The number of aromatic amines is 1. The van der Waals surface area contributed by atoms with Crippen LogP contribution in [0, 0.1) is 10.1 Å². The van der Waals surface area contributed by atoms with Gasteiger partial charge in [0.15, 0.2) is 5.82 Å². The molecular formula is C18H13F5N4O3. The number of nitro benzene ring substituents is 1. The summed E-state index contributed by atoms with van der Waals surface area (Å²) in [4.78, 5) is 29.5. The Kier molecular flexibility index (Phi) is 5.67. The molecule has 0 saturated carbocycles. The van der Waals surface area contributed by atoms with Crippen LogP contribution in [0.3, 0.4) is 0 Å². The van der Waals surface area contributed by atoms with E-state index in [1.165, 1.54) is 24.3 Å². The highest BCUT2D eigenvalue weighted by Gasteiger charge is 2.34. The minimum absolute atomic E-state index is 0.0498. The summed E-state index contributed by atoms with van der Waals surface area (Å²) < 4.78 is 64.7. The number of hydrogen-bond acceptors (Lipinski definition) is 4. The summed E-state index contributed by atoms with van der Waals surface area (Å²) in [6, 6.07) is 8.62. The fourth-order valence-electron chi connectivity index (χ4n) is 2.89. The number of rotatable bonds is 6. The Balaban J connectivity index is 1.96. The molecule has 7 nitrogen and oxygen atoms in total. The molecule has 1 amide bonds. The molecule has 0 bridgehead atoms. The number of aromatic nitrogens is 2. The quantitative estimate of drug-likeness (QED) is 0.353. The van der Waals surface area contributed by atoms with Crippen molar-refractivity contribution >= 4 is 22.6 Å². The molecule has 3 rings (SSSR count). The Hall–Kier alpha value is -3.57. The van der Waals surface area contributed by atoms with Crippen LogP contribution in [0.2, 0.25) is 0 Å². The number of carbonyl (C=O) groups is 1. The molecule has 1 aromatic heterocycles. The highest BCUT2D eigenvalue weighted by Crippen LogP contribution is 2.26. The largest absolute Gasteiger partial charge is 0.406 e. The maximum absolute atomic E-state index is 13.1. The maximum Gasteiger partial charge on any atom is 0.406 e. The molecule has 0 unspecified atom stereocenters. The van der Waals surface area contributed by atoms with E-state index in [0.29, 0.717) is 4.90 Å². The Morgan fingerprint density at radius 3 is 2.53 bits per heavy atom. The molecule has 0 fully saturated rings. The topological polar surface area (TPSA) is 92.1 Å². The van der Waals surface area contributed by atoms with Gasteiger partial charge in [-0.25, -0.2) is 13.8 Å². The third-order valence-corrected chi connectivity index (χ3v) is 4.16. The Morgan fingerprint density at radius 1 is 1.20 bits per heavy atom. The first-order valence-corrected chi connectivity index (χ1v) is 8.41. The normalized spacial score (nSPS) is 11.8. The van der Waals surface area contributed by atoms with Gasteiger partial charge in [-0.1, -0.05) is 18.2 Å². The lowest BCUT2D eigenvalue weighted by atomic mass is 10.1. The van der Waals surface area contributed by atoms with Crippen LogP contribution in [0.1, 0.15) is 28.2 Å². The standard InChI is InChI=1S/C18H13F5N4O3/c19-15(20)16-24-12-6-5-10(7-13(12)25-16)17(28)26(9-18(21,22)23)8-11-3-1-2-4-14(11)27(29)30/h1-7,15H,8-9H2,(H,24,25). The molecule has 0 aliphatic carbocycles. The van der Waals surface area contributed by atoms with E-state index in [4.69, 9.17) is 0 Å². The fourth-order valence-corrected chi connectivity index (χ4v) is 2.89. The molecule has 0 radical (unpaired) electrons. The fraction of sp³-hybridized carbons (Fsp3) is 0.222. The van der Waals surface area contributed by atoms with Crippen molar-refractivity contribution < 1.29 is 31.7 Å². The summed E-state index contributed by atoms with van der Waals surface area (Å²) in [5, 5.41) is 11.1. The molecule has 1 N–H and O–H groups in total. The van der Waals surface area contributed by atoms with Gasteiger partial charge in [0.2, 0.25) is 0 Å². The Morgan fingerprint density at radius 2 is 1.90 bits per heavy atom. The lowest BCUT2D eigenvalue weighted by Gasteiger charge is -2.24. The number of halogens is 5. The highest BCUT2D eigenvalue weighted by atomic mass is 19.4. The number of benzene rings is 2. The monoisotopic (exact) mass is 428 g/mol. The van der Waals surface area contributed by atoms with E-state index >= 15 is 0 Å². The molecule has 158 valence electrons. The van der Waals surface area contributed by atoms with Gasteiger partial charge < -0.3 is 9.88 Å². The lowest BCUT2D eigenvalue weighted by molar-refractivity contribution is -0.385. The summed E-state index contributed by atoms with van der Waals surface area (Å²) >= 11 is 0. The predicted octanol–water partition coefficient (Wildman–Crippen LogP) is 4.61. The van der Waals surface area contributed by atoms with Crippen LogP contribution >= 0.6 is 0 Å². The molecular weight excluding hydrogens is 415 g/mol. The molecule has 30 heavy (non-hydrogen) atoms. The molecule has 0 spiro atoms. The summed E-state index contributed by atoms with van der Waals surface area (Å²) in [5.41, 5.74) is -0.558. The predicted molar refractivity (Wildman–Crippen MR) is 94.9 cm³/mol. The number of imidazole rings is 1. The summed E-state index contributed by atoms with van der Waals surface area (Å²) in [6.07, 6.45) is -7.66. The van der Waals surface area contributed by atoms with Gasteiger partial charge in [0.1, 0.15) is 6.54 Å². The van der Waals surface area contributed by atoms with E-state index in [1.54, 1.807) is 0 Å². The minimum atomic E-state index is -4.76. The van der Waals surface area contributed by atoms with Gasteiger partial charge in [-0.05, 0) is 18.2 Å². The average Bonchev–Trinajstić information content (AvgIpc) is 3.10. The second-order valence-electron chi connectivity index (χ2n) is 6.32. The maximum atomic E-state index is 13.1. The third-order valence-electron chi connectivity index (χ3n) is 4.16. The first kappa shape index (κ1) is 21.1. The van der Waals surface area contributed by atoms with Gasteiger partial charge in [0.05, 0.1) is 22.5 Å². The average molecular weight is 428 g/mol. The van der Waals surface area contributed by atoms with Crippen molar-refractivity contribution in [3.8, 4) is 0 Å². The third kappa shape index (κ3) is 4.70. The van der Waals surface area contributed by atoms with E-state index in [2.05, 4.69) is 9.97 Å². The first-order valence-electron chi connectivity index (χ1n) is 8.41. The molecule has 3 aromatic rings. The van der Waals surface area contributed by atoms with Gasteiger partial charge in [-0.3, -0.25) is 14.9 Å². The van der Waals surface area contributed by atoms with E-state index in [0.717, 1.165) is 18.2 Å². The number of hydrogen-bond donors (Lipinski definition) is 1. The van der Waals surface area contributed by atoms with Crippen molar-refractivity contribution in [1.82, 2.24) is 14.9 Å². The second-order valence-corrected chi connectivity index (χ2v) is 6.32. The number of nitrogens with zero attached hydrogens (tertiary/aromatic N) is 3.